The molecular formula is C18H13F5N4O2S. The molecule has 3 aromatic rings. The van der Waals surface area contributed by atoms with Gasteiger partial charge < -0.3 is 0 Å². The number of pyridine rings is 1. The summed E-state index contributed by atoms with van der Waals surface area (Å²) >= 11 is 0. The van der Waals surface area contributed by atoms with E-state index >= 15 is 0 Å². The van der Waals surface area contributed by atoms with Crippen LogP contribution in [0.3, 0.4) is 0 Å². The fraction of sp³-hybridized carbons (Fsp3) is 0.222. The Bertz CT molecular complexity index is 1220. The number of aromatic amines is 1. The largest absolute Gasteiger partial charge is 0.417 e. The molecule has 1 aliphatic heterocycles. The van der Waals surface area contributed by atoms with Gasteiger partial charge in [-0.1, -0.05) is 6.92 Å². The van der Waals surface area contributed by atoms with Gasteiger partial charge in [0.05, 0.1) is 29.2 Å². The van der Waals surface area contributed by atoms with Gasteiger partial charge in [0.1, 0.15) is 0 Å². The predicted octanol–water partition coefficient (Wildman–Crippen LogP) is 4.43. The molecule has 0 bridgehead atoms. The third kappa shape index (κ3) is 3.02. The highest BCUT2D eigenvalue weighted by Gasteiger charge is 2.41. The molecule has 1 unspecified atom stereocenters. The van der Waals surface area contributed by atoms with Crippen LogP contribution in [0.25, 0.3) is 11.3 Å². The summed E-state index contributed by atoms with van der Waals surface area (Å²) in [6.45, 7) is 1.68. The first-order chi connectivity index (χ1) is 14.1. The van der Waals surface area contributed by atoms with Gasteiger partial charge in [-0.25, -0.2) is 13.8 Å². The molecule has 0 radical (unpaired) electrons. The minimum Gasteiger partial charge on any atom is -0.277 e. The molecule has 3 heterocycles. The van der Waals surface area contributed by atoms with Gasteiger partial charge in [0.25, 0.3) is 10.0 Å². The number of H-pyrrole nitrogens is 1. The maximum atomic E-state index is 14.0. The average Bonchev–Trinajstić information content (AvgIpc) is 3.17. The average molecular weight is 444 g/mol. The van der Waals surface area contributed by atoms with E-state index in [4.69, 9.17) is 0 Å². The summed E-state index contributed by atoms with van der Waals surface area (Å²) in [5.74, 6) is -2.46. The number of nitrogens with zero attached hydrogens (tertiary/aromatic N) is 3. The van der Waals surface area contributed by atoms with Crippen molar-refractivity contribution in [3.8, 4) is 11.3 Å². The zero-order chi connectivity index (χ0) is 21.8. The van der Waals surface area contributed by atoms with Gasteiger partial charge >= 0.3 is 6.18 Å². The van der Waals surface area contributed by atoms with Crippen LogP contribution in [0.15, 0.2) is 41.7 Å². The van der Waals surface area contributed by atoms with Crippen LogP contribution in [-0.2, 0) is 16.2 Å². The Morgan fingerprint density at radius 1 is 1.13 bits per heavy atom. The van der Waals surface area contributed by atoms with Crippen molar-refractivity contribution in [1.82, 2.24) is 15.2 Å². The molecule has 30 heavy (non-hydrogen) atoms. The van der Waals surface area contributed by atoms with Crippen molar-refractivity contribution >= 4 is 15.7 Å². The molecule has 0 saturated carbocycles. The number of benzene rings is 1. The fourth-order valence-electron chi connectivity index (χ4n) is 3.46. The van der Waals surface area contributed by atoms with Crippen LogP contribution >= 0.6 is 0 Å². The van der Waals surface area contributed by atoms with Crippen molar-refractivity contribution in [2.24, 2.45) is 0 Å². The van der Waals surface area contributed by atoms with E-state index in [9.17, 15) is 30.4 Å². The lowest BCUT2D eigenvalue weighted by atomic mass is 9.94. The lowest BCUT2D eigenvalue weighted by Crippen LogP contribution is -2.38. The number of rotatable bonds is 3. The van der Waals surface area contributed by atoms with E-state index < -0.39 is 44.5 Å². The molecule has 0 amide bonds. The van der Waals surface area contributed by atoms with Crippen LogP contribution in [0.2, 0.25) is 0 Å². The van der Waals surface area contributed by atoms with Crippen LogP contribution in [0.1, 0.15) is 30.5 Å². The van der Waals surface area contributed by atoms with Gasteiger partial charge in [0.15, 0.2) is 16.7 Å². The minimum atomic E-state index is -4.69. The van der Waals surface area contributed by atoms with Crippen LogP contribution in [0, 0.1) is 11.6 Å². The number of anilines is 1. The van der Waals surface area contributed by atoms with Gasteiger partial charge in [-0.3, -0.25) is 9.40 Å². The number of hydrogen-bond acceptors (Lipinski definition) is 4. The quantitative estimate of drug-likeness (QED) is 0.607. The lowest BCUT2D eigenvalue weighted by Gasteiger charge is -2.36. The maximum Gasteiger partial charge on any atom is 0.417 e. The number of aromatic nitrogens is 3. The number of halogens is 5. The second-order valence-corrected chi connectivity index (χ2v) is 8.35. The predicted molar refractivity (Wildman–Crippen MR) is 95.9 cm³/mol. The molecule has 1 aliphatic rings. The van der Waals surface area contributed by atoms with E-state index in [1.807, 2.05) is 0 Å². The highest BCUT2D eigenvalue weighted by Crippen LogP contribution is 2.48. The summed E-state index contributed by atoms with van der Waals surface area (Å²) in [5.41, 5.74) is -0.465. The number of fused-ring (bicyclic) bond motifs is 3. The van der Waals surface area contributed by atoms with Crippen molar-refractivity contribution in [2.75, 3.05) is 4.31 Å². The zero-order valence-corrected chi connectivity index (χ0v) is 16.0. The molecule has 0 saturated heterocycles. The van der Waals surface area contributed by atoms with Gasteiger partial charge in [0, 0.05) is 23.4 Å². The topological polar surface area (TPSA) is 79.0 Å². The summed E-state index contributed by atoms with van der Waals surface area (Å²) in [7, 11) is -4.53. The van der Waals surface area contributed by atoms with Crippen molar-refractivity contribution < 1.29 is 30.4 Å². The van der Waals surface area contributed by atoms with Gasteiger partial charge in [-0.15, -0.1) is 0 Å². The zero-order valence-electron chi connectivity index (χ0n) is 15.2. The molecule has 1 aromatic carbocycles. The highest BCUT2D eigenvalue weighted by atomic mass is 32.2. The number of alkyl halides is 3. The van der Waals surface area contributed by atoms with Gasteiger partial charge in [-0.05, 0) is 24.6 Å². The van der Waals surface area contributed by atoms with E-state index in [-0.39, 0.29) is 17.7 Å². The van der Waals surface area contributed by atoms with Crippen molar-refractivity contribution in [1.29, 1.82) is 0 Å². The van der Waals surface area contributed by atoms with Gasteiger partial charge in [0.2, 0.25) is 0 Å². The van der Waals surface area contributed by atoms with Gasteiger partial charge in [-0.2, -0.15) is 26.7 Å². The van der Waals surface area contributed by atoms with E-state index in [1.165, 1.54) is 6.20 Å². The molecule has 0 aliphatic carbocycles. The molecule has 4 rings (SSSR count). The summed E-state index contributed by atoms with van der Waals surface area (Å²) in [6.07, 6.45) is -2.68. The van der Waals surface area contributed by atoms with Crippen LogP contribution in [0.4, 0.5) is 27.6 Å². The molecule has 6 nitrogen and oxygen atoms in total. The fourth-order valence-corrected chi connectivity index (χ4v) is 5.10. The van der Waals surface area contributed by atoms with Crippen LogP contribution in [-0.4, -0.2) is 23.6 Å². The normalized spacial score (nSPS) is 16.3. The number of hydrogen-bond donors (Lipinski definition) is 1. The third-order valence-corrected chi connectivity index (χ3v) is 6.57. The van der Waals surface area contributed by atoms with Crippen LogP contribution in [0.5, 0.6) is 0 Å². The highest BCUT2D eigenvalue weighted by molar-refractivity contribution is 7.92. The molecule has 0 fully saturated rings. The Balaban J connectivity index is 1.92. The Morgan fingerprint density at radius 3 is 2.43 bits per heavy atom. The van der Waals surface area contributed by atoms with E-state index in [0.29, 0.717) is 23.5 Å². The first-order valence-corrected chi connectivity index (χ1v) is 10.1. The summed E-state index contributed by atoms with van der Waals surface area (Å²) in [6, 6.07) is 2.05. The SMILES string of the molecule is CCC1c2cn[nH]c2-c2cc(F)c(F)cc2N1S(=O)(=O)c1ccc(C(F)(F)F)cn1. The summed E-state index contributed by atoms with van der Waals surface area (Å²) in [4.78, 5) is 3.48. The Kier molecular flexibility index (Phi) is 4.56. The standard InChI is InChI=1S/C18H13F5N4O2S/c1-2-14-11-8-25-26-17(11)10-5-12(19)13(20)6-15(10)27(14)30(28,29)16-4-3-9(7-24-16)18(21,22)23/h3-8,14H,2H2,1H3,(H,25,26). The van der Waals surface area contributed by atoms with E-state index in [2.05, 4.69) is 15.2 Å². The molecule has 1 N–H and O–H groups in total. The molecule has 158 valence electrons. The third-order valence-electron chi connectivity index (χ3n) is 4.83. The first-order valence-electron chi connectivity index (χ1n) is 8.66. The van der Waals surface area contributed by atoms with E-state index in [0.717, 1.165) is 22.5 Å². The maximum absolute atomic E-state index is 14.0. The lowest BCUT2D eigenvalue weighted by molar-refractivity contribution is -0.137. The summed E-state index contributed by atoms with van der Waals surface area (Å²) < 4.78 is 93.9. The van der Waals surface area contributed by atoms with Crippen molar-refractivity contribution in [3.63, 3.8) is 0 Å². The monoisotopic (exact) mass is 444 g/mol. The minimum absolute atomic E-state index is 0.0570. The molecule has 1 atom stereocenters. The molecular weight excluding hydrogens is 431 g/mol. The van der Waals surface area contributed by atoms with Crippen molar-refractivity contribution in [3.05, 3.63) is 59.4 Å². The smallest absolute Gasteiger partial charge is 0.277 e. The first kappa shape index (κ1) is 20.3. The Morgan fingerprint density at radius 2 is 1.83 bits per heavy atom. The number of sulfonamides is 1. The Labute approximate surface area is 167 Å². The van der Waals surface area contributed by atoms with Crippen LogP contribution < -0.4 is 4.31 Å². The summed E-state index contributed by atoms with van der Waals surface area (Å²) in [5, 5.41) is 5.88. The van der Waals surface area contributed by atoms with Crippen molar-refractivity contribution in [2.45, 2.75) is 30.6 Å². The Hall–Kier alpha value is -3.02. The van der Waals surface area contributed by atoms with E-state index in [1.54, 1.807) is 6.92 Å². The molecule has 2 aromatic heterocycles. The second-order valence-electron chi connectivity index (χ2n) is 6.59. The molecule has 0 spiro atoms. The molecule has 12 heteroatoms. The number of nitrogens with one attached hydrogen (secondary N) is 1. The second kappa shape index (κ2) is 6.76.